The van der Waals surface area contributed by atoms with Gasteiger partial charge in [0.1, 0.15) is 0 Å². The van der Waals surface area contributed by atoms with Crippen molar-refractivity contribution in [3.8, 4) is 0 Å². The average molecular weight is 358 g/mol. The van der Waals surface area contributed by atoms with Gasteiger partial charge in [0.2, 0.25) is 15.9 Å². The third kappa shape index (κ3) is 3.45. The molecule has 0 radical (unpaired) electrons. The third-order valence-corrected chi connectivity index (χ3v) is 6.56. The third-order valence-electron chi connectivity index (χ3n) is 4.68. The van der Waals surface area contributed by atoms with Gasteiger partial charge in [0.05, 0.1) is 10.9 Å². The van der Waals surface area contributed by atoms with Gasteiger partial charge in [0.25, 0.3) is 0 Å². The van der Waals surface area contributed by atoms with E-state index in [2.05, 4.69) is 11.4 Å². The second-order valence-corrected chi connectivity index (χ2v) is 8.20. The molecule has 0 aromatic heterocycles. The first kappa shape index (κ1) is 17.6. The van der Waals surface area contributed by atoms with Gasteiger partial charge in [-0.1, -0.05) is 31.2 Å². The second kappa shape index (κ2) is 6.98. The minimum absolute atomic E-state index is 0.102. The number of nitrogens with one attached hydrogen (secondary N) is 1. The second-order valence-electron chi connectivity index (χ2n) is 6.20. The van der Waals surface area contributed by atoms with Crippen LogP contribution in [-0.4, -0.2) is 25.7 Å². The van der Waals surface area contributed by atoms with Crippen molar-refractivity contribution in [2.24, 2.45) is 0 Å². The number of rotatable bonds is 5. The molecule has 0 bridgehead atoms. The smallest absolute Gasteiger partial charge is 0.243 e. The van der Waals surface area contributed by atoms with Gasteiger partial charge in [-0.3, -0.25) is 4.79 Å². The van der Waals surface area contributed by atoms with Crippen LogP contribution in [0, 0.1) is 0 Å². The zero-order valence-corrected chi connectivity index (χ0v) is 15.2. The number of carbonyl (C=O) groups excluding carboxylic acids is 1. The van der Waals surface area contributed by atoms with Crippen LogP contribution in [0.3, 0.4) is 0 Å². The molecule has 0 aliphatic heterocycles. The lowest BCUT2D eigenvalue weighted by atomic mass is 10.1. The van der Waals surface area contributed by atoms with E-state index in [1.54, 1.807) is 26.1 Å². The Bertz CT molecular complexity index is 876. The Kier molecular flexibility index (Phi) is 4.92. The molecule has 2 aromatic carbocycles. The van der Waals surface area contributed by atoms with E-state index in [4.69, 9.17) is 0 Å². The van der Waals surface area contributed by atoms with Crippen LogP contribution in [0.5, 0.6) is 0 Å². The first-order chi connectivity index (χ1) is 11.9. The number of hydrogen-bond donors (Lipinski definition) is 1. The fraction of sp³-hybridized carbons (Fsp3) is 0.316. The molecule has 5 nitrogen and oxygen atoms in total. The first-order valence-electron chi connectivity index (χ1n) is 8.39. The van der Waals surface area contributed by atoms with Crippen LogP contribution in [0.2, 0.25) is 0 Å². The van der Waals surface area contributed by atoms with Crippen LogP contribution >= 0.6 is 0 Å². The Morgan fingerprint density at radius 3 is 2.52 bits per heavy atom. The minimum atomic E-state index is -3.60. The quantitative estimate of drug-likeness (QED) is 0.891. The number of amides is 1. The van der Waals surface area contributed by atoms with Crippen LogP contribution in [0.15, 0.2) is 53.4 Å². The Morgan fingerprint density at radius 2 is 1.84 bits per heavy atom. The van der Waals surface area contributed by atoms with Gasteiger partial charge in [-0.25, -0.2) is 8.42 Å². The van der Waals surface area contributed by atoms with Crippen molar-refractivity contribution < 1.29 is 13.2 Å². The van der Waals surface area contributed by atoms with Gasteiger partial charge in [0.15, 0.2) is 0 Å². The molecule has 0 spiro atoms. The van der Waals surface area contributed by atoms with Crippen molar-refractivity contribution >= 4 is 21.6 Å². The summed E-state index contributed by atoms with van der Waals surface area (Å²) in [5.41, 5.74) is 2.90. The molecule has 3 rings (SSSR count). The van der Waals surface area contributed by atoms with Crippen molar-refractivity contribution in [3.05, 3.63) is 59.7 Å². The highest BCUT2D eigenvalue weighted by Gasteiger charge is 2.33. The fourth-order valence-electron chi connectivity index (χ4n) is 3.21. The summed E-state index contributed by atoms with van der Waals surface area (Å²) < 4.78 is 27.4. The zero-order chi connectivity index (χ0) is 18.0. The van der Waals surface area contributed by atoms with Crippen molar-refractivity contribution in [1.82, 2.24) is 4.31 Å². The molecular weight excluding hydrogens is 336 g/mol. The van der Waals surface area contributed by atoms with E-state index >= 15 is 0 Å². The molecule has 1 unspecified atom stereocenters. The molecule has 1 amide bonds. The first-order valence-corrected chi connectivity index (χ1v) is 9.83. The van der Waals surface area contributed by atoms with Crippen molar-refractivity contribution in [1.29, 1.82) is 0 Å². The van der Waals surface area contributed by atoms with Crippen LogP contribution in [0.1, 0.15) is 36.9 Å². The summed E-state index contributed by atoms with van der Waals surface area (Å²) in [6, 6.07) is 14.2. The maximum atomic E-state index is 13.0. The molecule has 2 aromatic rings. The number of benzene rings is 2. The Morgan fingerprint density at radius 1 is 1.16 bits per heavy atom. The fourth-order valence-corrected chi connectivity index (χ4v) is 4.57. The molecule has 1 aliphatic rings. The molecule has 132 valence electrons. The summed E-state index contributed by atoms with van der Waals surface area (Å²) in [6.45, 7) is 1.77. The lowest BCUT2D eigenvalue weighted by Crippen LogP contribution is -2.30. The monoisotopic (exact) mass is 358 g/mol. The maximum absolute atomic E-state index is 13.0. The lowest BCUT2D eigenvalue weighted by molar-refractivity contribution is -0.115. The van der Waals surface area contributed by atoms with E-state index in [0.29, 0.717) is 12.1 Å². The summed E-state index contributed by atoms with van der Waals surface area (Å²) in [6.07, 6.45) is 2.06. The molecule has 6 heteroatoms. The van der Waals surface area contributed by atoms with Crippen LogP contribution in [-0.2, 0) is 21.2 Å². The van der Waals surface area contributed by atoms with Gasteiger partial charge in [-0.2, -0.15) is 4.31 Å². The predicted molar refractivity (Wildman–Crippen MR) is 97.8 cm³/mol. The van der Waals surface area contributed by atoms with Gasteiger partial charge < -0.3 is 5.32 Å². The number of fused-ring (bicyclic) bond motifs is 1. The number of hydrogen-bond acceptors (Lipinski definition) is 3. The molecule has 0 saturated carbocycles. The number of carbonyl (C=O) groups is 1. The van der Waals surface area contributed by atoms with Crippen LogP contribution < -0.4 is 5.32 Å². The Labute approximate surface area is 148 Å². The van der Waals surface area contributed by atoms with E-state index < -0.39 is 10.0 Å². The van der Waals surface area contributed by atoms with Gasteiger partial charge in [0, 0.05) is 19.2 Å². The molecule has 1 N–H and O–H groups in total. The standard InChI is InChI=1S/C19H22N2O3S/c1-3-19(22)20-15-9-11-16(12-10-15)25(23,24)21(2)18-13-8-14-6-4-5-7-17(14)18/h4-7,9-12,18H,3,8,13H2,1-2H3,(H,20,22). The number of nitrogens with zero attached hydrogens (tertiary/aromatic N) is 1. The van der Waals surface area contributed by atoms with E-state index in [1.807, 2.05) is 18.2 Å². The van der Waals surface area contributed by atoms with Crippen molar-refractivity contribution in [2.75, 3.05) is 12.4 Å². The van der Waals surface area contributed by atoms with E-state index in [-0.39, 0.29) is 16.8 Å². The van der Waals surface area contributed by atoms with E-state index in [0.717, 1.165) is 18.4 Å². The topological polar surface area (TPSA) is 66.5 Å². The Balaban J connectivity index is 1.83. The molecule has 0 saturated heterocycles. The summed E-state index contributed by atoms with van der Waals surface area (Å²) in [5.74, 6) is -0.102. The summed E-state index contributed by atoms with van der Waals surface area (Å²) in [7, 11) is -1.96. The zero-order valence-electron chi connectivity index (χ0n) is 14.4. The van der Waals surface area contributed by atoms with Gasteiger partial charge >= 0.3 is 0 Å². The Hall–Kier alpha value is -2.18. The highest BCUT2D eigenvalue weighted by Crippen LogP contribution is 2.37. The van der Waals surface area contributed by atoms with Crippen LogP contribution in [0.25, 0.3) is 0 Å². The van der Waals surface area contributed by atoms with Gasteiger partial charge in [-0.15, -0.1) is 0 Å². The average Bonchev–Trinajstić information content (AvgIpc) is 3.05. The van der Waals surface area contributed by atoms with E-state index in [1.165, 1.54) is 22.0 Å². The number of sulfonamides is 1. The largest absolute Gasteiger partial charge is 0.326 e. The van der Waals surface area contributed by atoms with Crippen LogP contribution in [0.4, 0.5) is 5.69 Å². The molecular formula is C19H22N2O3S. The predicted octanol–water partition coefficient (Wildman–Crippen LogP) is 3.34. The highest BCUT2D eigenvalue weighted by atomic mass is 32.2. The lowest BCUT2D eigenvalue weighted by Gasteiger charge is -2.25. The van der Waals surface area contributed by atoms with E-state index in [9.17, 15) is 13.2 Å². The minimum Gasteiger partial charge on any atom is -0.326 e. The summed E-state index contributed by atoms with van der Waals surface area (Å²) in [5, 5.41) is 2.72. The van der Waals surface area contributed by atoms with Crippen molar-refractivity contribution in [2.45, 2.75) is 37.1 Å². The summed E-state index contributed by atoms with van der Waals surface area (Å²) in [4.78, 5) is 11.7. The molecule has 0 heterocycles. The molecule has 1 aliphatic carbocycles. The normalized spacial score (nSPS) is 16.7. The van der Waals surface area contributed by atoms with Gasteiger partial charge in [-0.05, 0) is 48.2 Å². The molecule has 0 fully saturated rings. The highest BCUT2D eigenvalue weighted by molar-refractivity contribution is 7.89. The molecule has 25 heavy (non-hydrogen) atoms. The SMILES string of the molecule is CCC(=O)Nc1ccc(S(=O)(=O)N(C)C2CCc3ccccc32)cc1. The number of anilines is 1. The summed E-state index contributed by atoms with van der Waals surface area (Å²) >= 11 is 0. The molecule has 1 atom stereocenters. The maximum Gasteiger partial charge on any atom is 0.243 e. The number of aryl methyl sites for hydroxylation is 1. The van der Waals surface area contributed by atoms with Crippen molar-refractivity contribution in [3.63, 3.8) is 0 Å².